The van der Waals surface area contributed by atoms with E-state index < -0.39 is 11.9 Å². The molecule has 10 nitrogen and oxygen atoms in total. The van der Waals surface area contributed by atoms with E-state index in [0.29, 0.717) is 17.8 Å². The molecule has 1 amide bonds. The Balaban J connectivity index is 1.89. The molecule has 0 saturated carbocycles. The van der Waals surface area contributed by atoms with Crippen molar-refractivity contribution in [3.8, 4) is 11.4 Å². The van der Waals surface area contributed by atoms with Crippen LogP contribution in [0.2, 0.25) is 0 Å². The number of carboxylic acid groups (broad SMARTS) is 1. The van der Waals surface area contributed by atoms with E-state index in [0.717, 1.165) is 70.6 Å². The highest BCUT2D eigenvalue weighted by molar-refractivity contribution is 5.99. The van der Waals surface area contributed by atoms with Crippen LogP contribution in [0.5, 0.6) is 0 Å². The number of piperazine rings is 1. The number of amides is 1. The van der Waals surface area contributed by atoms with Crippen LogP contribution in [-0.2, 0) is 16.0 Å². The summed E-state index contributed by atoms with van der Waals surface area (Å²) in [7, 11) is 3.34. The summed E-state index contributed by atoms with van der Waals surface area (Å²) in [6.07, 6.45) is 6.12. The topological polar surface area (TPSA) is 119 Å². The number of H-pyrrole nitrogens is 1. The molecule has 10 heteroatoms. The molecule has 1 aliphatic rings. The number of carbonyl (C=O) groups excluding carboxylic acids is 2. The Morgan fingerprint density at radius 2 is 1.76 bits per heavy atom. The van der Waals surface area contributed by atoms with Crippen molar-refractivity contribution in [3.05, 3.63) is 41.2 Å². The quantitative estimate of drug-likeness (QED) is 0.382. The number of carbonyl (C=O) groups is 3. The van der Waals surface area contributed by atoms with Gasteiger partial charge in [-0.05, 0) is 38.1 Å². The zero-order valence-corrected chi connectivity index (χ0v) is 23.0. The molecular formula is C28H41N5O5. The van der Waals surface area contributed by atoms with Crippen LogP contribution in [-0.4, -0.2) is 107 Å². The number of esters is 1. The smallest absolute Gasteiger partial charge is 0.337 e. The number of benzene rings is 1. The van der Waals surface area contributed by atoms with Gasteiger partial charge in [0.15, 0.2) is 0 Å². The van der Waals surface area contributed by atoms with Crippen molar-refractivity contribution in [2.75, 3.05) is 53.4 Å². The van der Waals surface area contributed by atoms with Gasteiger partial charge in [-0.3, -0.25) is 9.69 Å². The van der Waals surface area contributed by atoms with Gasteiger partial charge in [0.2, 0.25) is 5.91 Å². The largest absolute Gasteiger partial charge is 0.478 e. The molecule has 2 N–H and O–H groups in total. The summed E-state index contributed by atoms with van der Waals surface area (Å²) in [5.41, 5.74) is 1.23. The maximum absolute atomic E-state index is 13.9. The average molecular weight is 528 g/mol. The van der Waals surface area contributed by atoms with Crippen molar-refractivity contribution in [2.24, 2.45) is 0 Å². The average Bonchev–Trinajstić information content (AvgIpc) is 3.39. The Kier molecular flexibility index (Phi) is 10.8. The Bertz CT molecular complexity index is 1090. The monoisotopic (exact) mass is 527 g/mol. The zero-order chi connectivity index (χ0) is 27.7. The molecule has 38 heavy (non-hydrogen) atoms. The third-order valence-electron chi connectivity index (χ3n) is 7.11. The number of ether oxygens (including phenoxy) is 1. The molecule has 0 spiro atoms. The minimum absolute atomic E-state index is 0.0502. The number of unbranched alkanes of at least 4 members (excludes halogenated alkanes) is 2. The summed E-state index contributed by atoms with van der Waals surface area (Å²) in [6.45, 7) is 9.19. The first-order valence-corrected chi connectivity index (χ1v) is 13.5. The van der Waals surface area contributed by atoms with Gasteiger partial charge >= 0.3 is 11.9 Å². The summed E-state index contributed by atoms with van der Waals surface area (Å²) in [6, 6.07) is 4.04. The molecular weight excluding hydrogens is 486 g/mol. The van der Waals surface area contributed by atoms with E-state index in [-0.39, 0.29) is 23.1 Å². The molecule has 1 aromatic heterocycles. The Morgan fingerprint density at radius 3 is 2.34 bits per heavy atom. The van der Waals surface area contributed by atoms with E-state index in [1.807, 2.05) is 4.90 Å². The molecule has 1 aliphatic heterocycles. The summed E-state index contributed by atoms with van der Waals surface area (Å²) in [5.74, 6) is -1.26. The molecule has 1 aromatic carbocycles. The Morgan fingerprint density at radius 1 is 1.11 bits per heavy atom. The van der Waals surface area contributed by atoms with Crippen molar-refractivity contribution in [2.45, 2.75) is 52.0 Å². The lowest BCUT2D eigenvalue weighted by Crippen LogP contribution is -2.56. The van der Waals surface area contributed by atoms with Crippen LogP contribution in [0.4, 0.5) is 0 Å². The molecule has 0 bridgehead atoms. The number of hydrogen-bond donors (Lipinski definition) is 2. The van der Waals surface area contributed by atoms with E-state index in [4.69, 9.17) is 4.74 Å². The predicted octanol–water partition coefficient (Wildman–Crippen LogP) is 3.15. The summed E-state index contributed by atoms with van der Waals surface area (Å²) < 4.78 is 4.72. The lowest BCUT2D eigenvalue weighted by atomic mass is 10.0. The molecule has 1 saturated heterocycles. The van der Waals surface area contributed by atoms with E-state index >= 15 is 0 Å². The number of methoxy groups -OCH3 is 1. The van der Waals surface area contributed by atoms with Crippen molar-refractivity contribution < 1.29 is 24.2 Å². The molecule has 0 radical (unpaired) electrons. The Hall–Kier alpha value is -3.24. The molecule has 1 fully saturated rings. The number of nitrogens with one attached hydrogen (secondary N) is 1. The number of imidazole rings is 1. The zero-order valence-electron chi connectivity index (χ0n) is 23.0. The van der Waals surface area contributed by atoms with E-state index in [2.05, 4.69) is 40.7 Å². The maximum Gasteiger partial charge on any atom is 0.337 e. The molecule has 1 atom stereocenters. The summed E-state index contributed by atoms with van der Waals surface area (Å²) in [4.78, 5) is 52.0. The number of nitrogens with zero attached hydrogens (tertiary/aromatic N) is 4. The standard InChI is InChI=1S/C28H41N5O5/c1-5-7-11-33(12-8-6-2)26(34)24(32-15-13-31(3)14-16-32)18-21-19-29-25(30-21)22-10-9-20(28(37)38-4)17-23(22)27(35)36/h9-10,17,19,24H,5-8,11-16,18H2,1-4H3,(H,29,30)(H,35,36). The van der Waals surface area contributed by atoms with Crippen LogP contribution >= 0.6 is 0 Å². The SMILES string of the molecule is CCCCN(CCCC)C(=O)C(Cc1cnc(-c2ccc(C(=O)OC)cc2C(=O)O)[nH]1)N1CCN(C)CC1. The van der Waals surface area contributed by atoms with Gasteiger partial charge in [0.25, 0.3) is 0 Å². The first kappa shape index (κ1) is 29.3. The van der Waals surface area contributed by atoms with Crippen molar-refractivity contribution in [1.82, 2.24) is 24.7 Å². The third-order valence-corrected chi connectivity index (χ3v) is 7.11. The highest BCUT2D eigenvalue weighted by atomic mass is 16.5. The number of likely N-dealkylation sites (N-methyl/N-ethyl adjacent to an activating group) is 1. The fraction of sp³-hybridized carbons (Fsp3) is 0.571. The van der Waals surface area contributed by atoms with Gasteiger partial charge in [-0.2, -0.15) is 0 Å². The van der Waals surface area contributed by atoms with Gasteiger partial charge in [-0.15, -0.1) is 0 Å². The second-order valence-corrected chi connectivity index (χ2v) is 9.91. The van der Waals surface area contributed by atoms with Gasteiger partial charge in [0.05, 0.1) is 24.3 Å². The second kappa shape index (κ2) is 14.1. The number of aromatic carboxylic acids is 1. The number of carboxylic acids is 1. The first-order chi connectivity index (χ1) is 18.3. The Labute approximate surface area is 225 Å². The minimum Gasteiger partial charge on any atom is -0.478 e. The van der Waals surface area contributed by atoms with Crippen LogP contribution in [0.15, 0.2) is 24.4 Å². The summed E-state index contributed by atoms with van der Waals surface area (Å²) in [5, 5.41) is 9.77. The molecule has 0 aliphatic carbocycles. The first-order valence-electron chi connectivity index (χ1n) is 13.5. The fourth-order valence-electron chi connectivity index (χ4n) is 4.73. The van der Waals surface area contributed by atoms with Crippen LogP contribution in [0.25, 0.3) is 11.4 Å². The van der Waals surface area contributed by atoms with Gasteiger partial charge < -0.3 is 24.6 Å². The normalized spacial score (nSPS) is 15.3. The van der Waals surface area contributed by atoms with Crippen LogP contribution in [0.3, 0.4) is 0 Å². The van der Waals surface area contributed by atoms with E-state index in [1.165, 1.54) is 19.2 Å². The van der Waals surface area contributed by atoms with Gasteiger partial charge in [0, 0.05) is 63.1 Å². The highest BCUT2D eigenvalue weighted by Gasteiger charge is 2.32. The van der Waals surface area contributed by atoms with Crippen LogP contribution in [0.1, 0.15) is 65.9 Å². The van der Waals surface area contributed by atoms with Gasteiger partial charge in [-0.25, -0.2) is 14.6 Å². The second-order valence-electron chi connectivity index (χ2n) is 9.91. The highest BCUT2D eigenvalue weighted by Crippen LogP contribution is 2.24. The van der Waals surface area contributed by atoms with E-state index in [9.17, 15) is 19.5 Å². The van der Waals surface area contributed by atoms with Gasteiger partial charge in [-0.1, -0.05) is 26.7 Å². The molecule has 1 unspecified atom stereocenters. The lowest BCUT2D eigenvalue weighted by molar-refractivity contribution is -0.138. The van der Waals surface area contributed by atoms with Crippen LogP contribution < -0.4 is 0 Å². The minimum atomic E-state index is -1.17. The lowest BCUT2D eigenvalue weighted by Gasteiger charge is -2.39. The maximum atomic E-state index is 13.9. The molecule has 208 valence electrons. The number of aromatic nitrogens is 2. The van der Waals surface area contributed by atoms with Crippen molar-refractivity contribution >= 4 is 17.8 Å². The van der Waals surface area contributed by atoms with Crippen molar-refractivity contribution in [1.29, 1.82) is 0 Å². The van der Waals surface area contributed by atoms with Crippen molar-refractivity contribution in [3.63, 3.8) is 0 Å². The van der Waals surface area contributed by atoms with Gasteiger partial charge in [0.1, 0.15) is 5.82 Å². The molecule has 2 aromatic rings. The third kappa shape index (κ3) is 7.41. The fourth-order valence-corrected chi connectivity index (χ4v) is 4.73. The van der Waals surface area contributed by atoms with Crippen LogP contribution in [0, 0.1) is 0 Å². The molecule has 3 rings (SSSR count). The van der Waals surface area contributed by atoms with E-state index in [1.54, 1.807) is 12.3 Å². The number of hydrogen-bond acceptors (Lipinski definition) is 7. The number of aromatic amines is 1. The molecule has 2 heterocycles. The summed E-state index contributed by atoms with van der Waals surface area (Å²) >= 11 is 0. The predicted molar refractivity (Wildman–Crippen MR) is 145 cm³/mol. The number of rotatable bonds is 13.